The number of carbonyl (C=O) groups excluding carboxylic acids is 2. The minimum absolute atomic E-state index is 0.0231. The Hall–Kier alpha value is -2.47. The molecule has 0 fully saturated rings. The van der Waals surface area contributed by atoms with Crippen LogP contribution in [0, 0.1) is 12.8 Å². The average molecular weight is 457 g/mol. The highest BCUT2D eigenvalue weighted by Crippen LogP contribution is 2.19. The van der Waals surface area contributed by atoms with Crippen LogP contribution in [0.15, 0.2) is 48.5 Å². The van der Waals surface area contributed by atoms with Crippen LogP contribution in [0.25, 0.3) is 0 Å². The van der Waals surface area contributed by atoms with Gasteiger partial charge in [-0.15, -0.1) is 11.8 Å². The number of hydrogen-bond donors (Lipinski definition) is 1. The average Bonchev–Trinajstić information content (AvgIpc) is 2.78. The minimum Gasteiger partial charge on any atom is -0.497 e. The Morgan fingerprint density at radius 1 is 1.09 bits per heavy atom. The molecule has 6 heteroatoms. The molecule has 1 N–H and O–H groups in total. The largest absolute Gasteiger partial charge is 0.497 e. The standard InChI is InChI=1S/C26H36N2O3S/c1-6-24(26(30)27-15-19(2)3)28(16-21-10-12-23(31-5)13-11-21)25(29)18-32-17-22-9-7-8-20(4)14-22/h7-14,19,24H,6,15-18H2,1-5H3,(H,27,30)/t24-/m0/s1. The first-order chi connectivity index (χ1) is 15.3. The van der Waals surface area contributed by atoms with E-state index in [2.05, 4.69) is 44.3 Å². The van der Waals surface area contributed by atoms with Crippen molar-refractivity contribution in [1.82, 2.24) is 10.2 Å². The van der Waals surface area contributed by atoms with Crippen molar-refractivity contribution in [1.29, 1.82) is 0 Å². The number of amides is 2. The summed E-state index contributed by atoms with van der Waals surface area (Å²) >= 11 is 1.58. The summed E-state index contributed by atoms with van der Waals surface area (Å²) in [5, 5.41) is 3.00. The third-order valence-corrected chi connectivity index (χ3v) is 6.15. The summed E-state index contributed by atoms with van der Waals surface area (Å²) in [6.07, 6.45) is 0.564. The van der Waals surface area contributed by atoms with E-state index in [1.54, 1.807) is 23.8 Å². The van der Waals surface area contributed by atoms with Crippen molar-refractivity contribution in [2.45, 2.75) is 52.5 Å². The number of methoxy groups -OCH3 is 1. The lowest BCUT2D eigenvalue weighted by Crippen LogP contribution is -2.50. The summed E-state index contributed by atoms with van der Waals surface area (Å²) < 4.78 is 5.24. The van der Waals surface area contributed by atoms with Gasteiger partial charge >= 0.3 is 0 Å². The first-order valence-corrected chi connectivity index (χ1v) is 12.3. The van der Waals surface area contributed by atoms with Crippen molar-refractivity contribution < 1.29 is 14.3 Å². The van der Waals surface area contributed by atoms with Gasteiger partial charge in [-0.2, -0.15) is 0 Å². The summed E-state index contributed by atoms with van der Waals surface area (Å²) in [4.78, 5) is 27.9. The predicted octanol–water partition coefficient (Wildman–Crippen LogP) is 4.82. The second-order valence-corrected chi connectivity index (χ2v) is 9.40. The summed E-state index contributed by atoms with van der Waals surface area (Å²) in [7, 11) is 1.63. The van der Waals surface area contributed by atoms with E-state index in [0.717, 1.165) is 17.1 Å². The van der Waals surface area contributed by atoms with Gasteiger partial charge in [-0.25, -0.2) is 0 Å². The van der Waals surface area contributed by atoms with Crippen LogP contribution >= 0.6 is 11.8 Å². The molecule has 0 saturated heterocycles. The van der Waals surface area contributed by atoms with Gasteiger partial charge in [0.2, 0.25) is 11.8 Å². The summed E-state index contributed by atoms with van der Waals surface area (Å²) in [6, 6.07) is 15.5. The van der Waals surface area contributed by atoms with E-state index in [-0.39, 0.29) is 11.8 Å². The number of aryl methyl sites for hydroxylation is 1. The number of nitrogens with one attached hydrogen (secondary N) is 1. The smallest absolute Gasteiger partial charge is 0.242 e. The van der Waals surface area contributed by atoms with Gasteiger partial charge in [0.1, 0.15) is 11.8 Å². The van der Waals surface area contributed by atoms with Gasteiger partial charge in [0.05, 0.1) is 12.9 Å². The first kappa shape index (κ1) is 25.8. The number of nitrogens with zero attached hydrogens (tertiary/aromatic N) is 1. The molecule has 2 aromatic carbocycles. The number of rotatable bonds is 12. The van der Waals surface area contributed by atoms with Gasteiger partial charge < -0.3 is 15.0 Å². The fourth-order valence-electron chi connectivity index (χ4n) is 3.41. The van der Waals surface area contributed by atoms with Crippen molar-refractivity contribution >= 4 is 23.6 Å². The molecule has 0 unspecified atom stereocenters. The molecule has 0 aliphatic rings. The van der Waals surface area contributed by atoms with Crippen LogP contribution in [0.4, 0.5) is 0 Å². The van der Waals surface area contributed by atoms with Gasteiger partial charge in [-0.3, -0.25) is 9.59 Å². The van der Waals surface area contributed by atoms with E-state index in [0.29, 0.717) is 31.2 Å². The first-order valence-electron chi connectivity index (χ1n) is 11.2. The maximum absolute atomic E-state index is 13.3. The van der Waals surface area contributed by atoms with Crippen molar-refractivity contribution in [3.8, 4) is 5.75 Å². The molecule has 0 bridgehead atoms. The maximum atomic E-state index is 13.3. The van der Waals surface area contributed by atoms with Gasteiger partial charge in [-0.1, -0.05) is 62.7 Å². The molecule has 0 spiro atoms. The van der Waals surface area contributed by atoms with Crippen LogP contribution in [0.2, 0.25) is 0 Å². The van der Waals surface area contributed by atoms with Gasteiger partial charge in [0.25, 0.3) is 0 Å². The Labute approximate surface area is 196 Å². The van der Waals surface area contributed by atoms with E-state index in [1.807, 2.05) is 37.3 Å². The number of hydrogen-bond acceptors (Lipinski definition) is 4. The fraction of sp³-hybridized carbons (Fsp3) is 0.462. The number of thioether (sulfide) groups is 1. The second-order valence-electron chi connectivity index (χ2n) is 8.41. The maximum Gasteiger partial charge on any atom is 0.242 e. The molecule has 0 aliphatic carbocycles. The molecule has 0 aromatic heterocycles. The van der Waals surface area contributed by atoms with Crippen LogP contribution in [-0.4, -0.2) is 42.2 Å². The molecule has 32 heavy (non-hydrogen) atoms. The monoisotopic (exact) mass is 456 g/mol. The highest BCUT2D eigenvalue weighted by atomic mass is 32.2. The SMILES string of the molecule is CC[C@@H](C(=O)NCC(C)C)N(Cc1ccc(OC)cc1)C(=O)CSCc1cccc(C)c1. The minimum atomic E-state index is -0.497. The zero-order valence-electron chi connectivity index (χ0n) is 19.9. The van der Waals surface area contributed by atoms with E-state index < -0.39 is 6.04 Å². The van der Waals surface area contributed by atoms with Crippen LogP contribution < -0.4 is 10.1 Å². The molecular weight excluding hydrogens is 420 g/mol. The normalized spacial score (nSPS) is 11.8. The third-order valence-electron chi connectivity index (χ3n) is 5.16. The highest BCUT2D eigenvalue weighted by molar-refractivity contribution is 7.99. The molecule has 0 aliphatic heterocycles. The lowest BCUT2D eigenvalue weighted by Gasteiger charge is -2.31. The van der Waals surface area contributed by atoms with Crippen molar-refractivity contribution in [2.75, 3.05) is 19.4 Å². The predicted molar refractivity (Wildman–Crippen MR) is 133 cm³/mol. The quantitative estimate of drug-likeness (QED) is 0.498. The molecule has 174 valence electrons. The lowest BCUT2D eigenvalue weighted by molar-refractivity contribution is -0.139. The van der Waals surface area contributed by atoms with Crippen molar-refractivity contribution in [3.05, 3.63) is 65.2 Å². The molecule has 2 aromatic rings. The Bertz CT molecular complexity index is 868. The molecule has 5 nitrogen and oxygen atoms in total. The van der Waals surface area contributed by atoms with Crippen LogP contribution in [-0.2, 0) is 21.9 Å². The van der Waals surface area contributed by atoms with Gasteiger partial charge in [0, 0.05) is 18.8 Å². The second kappa shape index (κ2) is 13.2. The number of ether oxygens (including phenoxy) is 1. The Morgan fingerprint density at radius 2 is 1.81 bits per heavy atom. The van der Waals surface area contributed by atoms with Crippen molar-refractivity contribution in [2.24, 2.45) is 5.92 Å². The molecule has 1 atom stereocenters. The molecular formula is C26H36N2O3S. The Kier molecular flexibility index (Phi) is 10.6. The Morgan fingerprint density at radius 3 is 2.41 bits per heavy atom. The fourth-order valence-corrected chi connectivity index (χ4v) is 4.27. The summed E-state index contributed by atoms with van der Waals surface area (Å²) in [5.41, 5.74) is 3.38. The Balaban J connectivity index is 2.12. The summed E-state index contributed by atoms with van der Waals surface area (Å²) in [5.74, 6) is 2.10. The van der Waals surface area contributed by atoms with E-state index in [9.17, 15) is 9.59 Å². The van der Waals surface area contributed by atoms with E-state index in [4.69, 9.17) is 4.74 Å². The molecule has 0 heterocycles. The van der Waals surface area contributed by atoms with Gasteiger partial charge in [-0.05, 0) is 42.5 Å². The van der Waals surface area contributed by atoms with Crippen LogP contribution in [0.1, 0.15) is 43.9 Å². The van der Waals surface area contributed by atoms with E-state index >= 15 is 0 Å². The molecule has 0 saturated carbocycles. The van der Waals surface area contributed by atoms with Gasteiger partial charge in [0.15, 0.2) is 0 Å². The zero-order chi connectivity index (χ0) is 23.5. The lowest BCUT2D eigenvalue weighted by atomic mass is 10.1. The van der Waals surface area contributed by atoms with Crippen LogP contribution in [0.3, 0.4) is 0 Å². The highest BCUT2D eigenvalue weighted by Gasteiger charge is 2.28. The topological polar surface area (TPSA) is 58.6 Å². The molecule has 0 radical (unpaired) electrons. The van der Waals surface area contributed by atoms with Crippen molar-refractivity contribution in [3.63, 3.8) is 0 Å². The third kappa shape index (κ3) is 8.23. The summed E-state index contributed by atoms with van der Waals surface area (Å²) in [6.45, 7) is 9.13. The number of benzene rings is 2. The van der Waals surface area contributed by atoms with Crippen LogP contribution in [0.5, 0.6) is 5.75 Å². The molecule has 2 amide bonds. The molecule has 2 rings (SSSR count). The number of carbonyl (C=O) groups is 2. The zero-order valence-corrected chi connectivity index (χ0v) is 20.7. The van der Waals surface area contributed by atoms with E-state index in [1.165, 1.54) is 11.1 Å².